The van der Waals surface area contributed by atoms with Gasteiger partial charge in [0.15, 0.2) is 5.76 Å². The molecule has 0 aliphatic rings. The van der Waals surface area contributed by atoms with E-state index in [2.05, 4.69) is 9.88 Å². The molecule has 0 aliphatic heterocycles. The lowest BCUT2D eigenvalue weighted by molar-refractivity contribution is 0.401. The number of benzene rings is 1. The Morgan fingerprint density at radius 2 is 2.04 bits per heavy atom. The van der Waals surface area contributed by atoms with Gasteiger partial charge in [0.25, 0.3) is 0 Å². The molecule has 27 heavy (non-hydrogen) atoms. The largest absolute Gasteiger partial charge is 0.495 e. The van der Waals surface area contributed by atoms with Gasteiger partial charge in [0.2, 0.25) is 10.0 Å². The van der Waals surface area contributed by atoms with Crippen LogP contribution in [-0.2, 0) is 16.4 Å². The van der Waals surface area contributed by atoms with Crippen molar-refractivity contribution in [3.8, 4) is 17.1 Å². The van der Waals surface area contributed by atoms with Crippen LogP contribution in [0.2, 0.25) is 0 Å². The van der Waals surface area contributed by atoms with Gasteiger partial charge in [0.1, 0.15) is 16.4 Å². The highest BCUT2D eigenvalue weighted by Crippen LogP contribution is 2.32. The molecule has 0 spiro atoms. The minimum absolute atomic E-state index is 0.0437. The van der Waals surface area contributed by atoms with E-state index in [1.54, 1.807) is 37.5 Å². The average Bonchev–Trinajstić information content (AvgIpc) is 3.24. The molecule has 0 bridgehead atoms. The molecule has 0 saturated carbocycles. The molecule has 1 atom stereocenters. The van der Waals surface area contributed by atoms with Crippen LogP contribution in [0.15, 0.2) is 50.4 Å². The molecule has 1 aromatic carbocycles. The normalized spacial score (nSPS) is 12.9. The lowest BCUT2D eigenvalue weighted by atomic mass is 10.1. The predicted molar refractivity (Wildman–Crippen MR) is 100 cm³/mol. The highest BCUT2D eigenvalue weighted by atomic mass is 32.2. The Bertz CT molecular complexity index is 1020. The number of hydrogen-bond donors (Lipinski definition) is 1. The quantitative estimate of drug-likeness (QED) is 0.664. The molecule has 2 heterocycles. The van der Waals surface area contributed by atoms with Gasteiger partial charge in [-0.15, -0.1) is 0 Å². The zero-order chi connectivity index (χ0) is 19.6. The molecule has 7 nitrogen and oxygen atoms in total. The van der Waals surface area contributed by atoms with E-state index >= 15 is 0 Å². The van der Waals surface area contributed by atoms with Crippen molar-refractivity contribution in [3.05, 3.63) is 53.6 Å². The number of aromatic nitrogens is 1. The fourth-order valence-electron chi connectivity index (χ4n) is 2.81. The van der Waals surface area contributed by atoms with Crippen molar-refractivity contribution >= 4 is 10.0 Å². The van der Waals surface area contributed by atoms with E-state index < -0.39 is 10.0 Å². The third kappa shape index (κ3) is 4.06. The predicted octanol–water partition coefficient (Wildman–Crippen LogP) is 3.47. The van der Waals surface area contributed by atoms with Crippen LogP contribution >= 0.6 is 0 Å². The van der Waals surface area contributed by atoms with Crippen LogP contribution in [0.5, 0.6) is 5.75 Å². The lowest BCUT2D eigenvalue weighted by Gasteiger charge is -2.16. The number of nitrogens with one attached hydrogen (secondary N) is 1. The third-order valence-corrected chi connectivity index (χ3v) is 5.93. The van der Waals surface area contributed by atoms with Gasteiger partial charge < -0.3 is 13.7 Å². The summed E-state index contributed by atoms with van der Waals surface area (Å²) in [6.45, 7) is 5.49. The molecule has 0 amide bonds. The number of methoxy groups -OCH3 is 1. The number of rotatable bonds is 7. The number of furan rings is 1. The van der Waals surface area contributed by atoms with Gasteiger partial charge in [-0.3, -0.25) is 0 Å². The number of aryl methyl sites for hydroxylation is 1. The average molecular weight is 390 g/mol. The van der Waals surface area contributed by atoms with Crippen LogP contribution in [-0.4, -0.2) is 26.7 Å². The summed E-state index contributed by atoms with van der Waals surface area (Å²) in [5, 5.41) is 3.94. The molecule has 3 rings (SSSR count). The first-order valence-electron chi connectivity index (χ1n) is 8.48. The maximum atomic E-state index is 13.0. The minimum atomic E-state index is -3.82. The summed E-state index contributed by atoms with van der Waals surface area (Å²) in [5.41, 5.74) is 2.24. The molecule has 1 N–H and O–H groups in total. The van der Waals surface area contributed by atoms with Gasteiger partial charge in [0.05, 0.1) is 19.1 Å². The van der Waals surface area contributed by atoms with E-state index in [9.17, 15) is 8.42 Å². The lowest BCUT2D eigenvalue weighted by Crippen LogP contribution is -2.34. The van der Waals surface area contributed by atoms with Crippen LogP contribution < -0.4 is 9.46 Å². The fraction of sp³-hybridized carbons (Fsp3) is 0.316. The summed E-state index contributed by atoms with van der Waals surface area (Å²) in [6.07, 6.45) is 2.00. The Morgan fingerprint density at radius 3 is 2.63 bits per heavy atom. The van der Waals surface area contributed by atoms with E-state index in [0.29, 0.717) is 23.5 Å². The van der Waals surface area contributed by atoms with Crippen molar-refractivity contribution < 1.29 is 22.1 Å². The number of ether oxygens (including phenoxy) is 1. The van der Waals surface area contributed by atoms with Gasteiger partial charge in [0, 0.05) is 23.6 Å². The molecule has 0 unspecified atom stereocenters. The van der Waals surface area contributed by atoms with Crippen molar-refractivity contribution in [2.75, 3.05) is 7.11 Å². The molecular formula is C19H22N2O5S. The van der Waals surface area contributed by atoms with Gasteiger partial charge >= 0.3 is 0 Å². The van der Waals surface area contributed by atoms with Crippen molar-refractivity contribution in [1.82, 2.24) is 9.88 Å². The van der Waals surface area contributed by atoms with Gasteiger partial charge in [-0.2, -0.15) is 0 Å². The number of hydrogen-bond acceptors (Lipinski definition) is 6. The molecule has 144 valence electrons. The van der Waals surface area contributed by atoms with E-state index in [-0.39, 0.29) is 16.7 Å². The zero-order valence-corrected chi connectivity index (χ0v) is 16.5. The molecule has 2 aromatic heterocycles. The molecule has 0 fully saturated rings. The molecule has 3 aromatic rings. The smallest absolute Gasteiger partial charge is 0.244 e. The second-order valence-electron chi connectivity index (χ2n) is 6.39. The van der Waals surface area contributed by atoms with Crippen LogP contribution in [0.1, 0.15) is 23.9 Å². The topological polar surface area (TPSA) is 94.6 Å². The highest BCUT2D eigenvalue weighted by molar-refractivity contribution is 7.89. The van der Waals surface area contributed by atoms with Crippen molar-refractivity contribution in [2.45, 2.75) is 38.1 Å². The Hall–Kier alpha value is -2.58. The Kier molecular flexibility index (Phi) is 5.38. The SMILES string of the molecule is COc1ccc(-c2onc(C)c2C)cc1S(=O)(=O)N[C@@H](C)Cc1ccco1. The molecule has 0 aliphatic carbocycles. The second-order valence-corrected chi connectivity index (χ2v) is 8.08. The van der Waals surface area contributed by atoms with Crippen LogP contribution in [0.3, 0.4) is 0 Å². The summed E-state index contributed by atoms with van der Waals surface area (Å²) in [7, 11) is -2.39. The second kappa shape index (κ2) is 7.58. The summed E-state index contributed by atoms with van der Waals surface area (Å²) >= 11 is 0. The van der Waals surface area contributed by atoms with E-state index in [1.807, 2.05) is 13.8 Å². The minimum Gasteiger partial charge on any atom is -0.495 e. The maximum absolute atomic E-state index is 13.0. The number of sulfonamides is 1. The van der Waals surface area contributed by atoms with Crippen molar-refractivity contribution in [1.29, 1.82) is 0 Å². The first-order chi connectivity index (χ1) is 12.8. The molecule has 0 saturated heterocycles. The fourth-order valence-corrected chi connectivity index (χ4v) is 4.25. The van der Waals surface area contributed by atoms with E-state index in [1.165, 1.54) is 13.2 Å². The summed E-state index contributed by atoms with van der Waals surface area (Å²) < 4.78 is 44.5. The van der Waals surface area contributed by atoms with Gasteiger partial charge in [-0.25, -0.2) is 13.1 Å². The Labute approximate surface area is 158 Å². The molecule has 8 heteroatoms. The summed E-state index contributed by atoms with van der Waals surface area (Å²) in [6, 6.07) is 8.11. The van der Waals surface area contributed by atoms with Crippen molar-refractivity contribution in [2.24, 2.45) is 0 Å². The summed E-state index contributed by atoms with van der Waals surface area (Å²) in [5.74, 6) is 1.50. The van der Waals surface area contributed by atoms with E-state index in [4.69, 9.17) is 13.7 Å². The van der Waals surface area contributed by atoms with Crippen molar-refractivity contribution in [3.63, 3.8) is 0 Å². The molecule has 0 radical (unpaired) electrons. The van der Waals surface area contributed by atoms with Crippen LogP contribution in [0.25, 0.3) is 11.3 Å². The number of nitrogens with zero attached hydrogens (tertiary/aromatic N) is 1. The van der Waals surface area contributed by atoms with Gasteiger partial charge in [-0.1, -0.05) is 5.16 Å². The zero-order valence-electron chi connectivity index (χ0n) is 15.6. The van der Waals surface area contributed by atoms with Crippen LogP contribution in [0.4, 0.5) is 0 Å². The first-order valence-corrected chi connectivity index (χ1v) is 9.96. The Morgan fingerprint density at radius 1 is 1.26 bits per heavy atom. The van der Waals surface area contributed by atoms with E-state index in [0.717, 1.165) is 11.3 Å². The Balaban J connectivity index is 1.93. The third-order valence-electron chi connectivity index (χ3n) is 4.32. The highest BCUT2D eigenvalue weighted by Gasteiger charge is 2.24. The molecular weight excluding hydrogens is 368 g/mol. The summed E-state index contributed by atoms with van der Waals surface area (Å²) in [4.78, 5) is 0.0437. The van der Waals surface area contributed by atoms with Gasteiger partial charge in [-0.05, 0) is 51.1 Å². The monoisotopic (exact) mass is 390 g/mol. The first kappa shape index (κ1) is 19.2. The van der Waals surface area contributed by atoms with Crippen LogP contribution in [0, 0.1) is 13.8 Å². The standard InChI is InChI=1S/C19H22N2O5S/c1-12(10-16-6-5-9-25-16)21-27(22,23)18-11-15(7-8-17(18)24-4)19-13(2)14(3)20-26-19/h5-9,11-12,21H,10H2,1-4H3/t12-/m0/s1. The maximum Gasteiger partial charge on any atom is 0.244 e.